The first-order valence-electron chi connectivity index (χ1n) is 7.28. The molecule has 1 N–H and O–H groups in total. The molecule has 2 atom stereocenters. The van der Waals surface area contributed by atoms with E-state index < -0.39 is 6.09 Å². The van der Waals surface area contributed by atoms with Crippen molar-refractivity contribution in [1.29, 1.82) is 0 Å². The van der Waals surface area contributed by atoms with Gasteiger partial charge in [-0.1, -0.05) is 30.3 Å². The van der Waals surface area contributed by atoms with Crippen molar-refractivity contribution >= 4 is 22.9 Å². The Morgan fingerprint density at radius 1 is 1.29 bits per heavy atom. The largest absolute Gasteiger partial charge is 0.465 e. The van der Waals surface area contributed by atoms with Crippen LogP contribution in [0.1, 0.15) is 31.2 Å². The number of likely N-dealkylation sites (tertiary alicyclic amines) is 1. The first-order chi connectivity index (χ1) is 10.1. The van der Waals surface area contributed by atoms with E-state index in [-0.39, 0.29) is 11.3 Å². The van der Waals surface area contributed by atoms with Crippen LogP contribution in [-0.4, -0.2) is 33.9 Å². The Morgan fingerprint density at radius 2 is 2.00 bits per heavy atom. The number of nitrogens with zero attached hydrogens (tertiary/aromatic N) is 1. The van der Waals surface area contributed by atoms with Crippen LogP contribution in [0.25, 0.3) is 0 Å². The molecule has 2 rings (SSSR count). The van der Waals surface area contributed by atoms with E-state index in [0.29, 0.717) is 18.9 Å². The Balaban J connectivity index is 2.01. The molecule has 0 aromatic heterocycles. The van der Waals surface area contributed by atoms with Crippen molar-refractivity contribution in [2.24, 2.45) is 5.92 Å². The minimum atomic E-state index is -0.859. The molecule has 1 aliphatic heterocycles. The lowest BCUT2D eigenvalue weighted by Crippen LogP contribution is -2.46. The van der Waals surface area contributed by atoms with E-state index in [9.17, 15) is 14.7 Å². The van der Waals surface area contributed by atoms with Gasteiger partial charge >= 0.3 is 6.09 Å². The first kappa shape index (κ1) is 15.8. The summed E-state index contributed by atoms with van der Waals surface area (Å²) in [5.74, 6) is 0.372. The van der Waals surface area contributed by atoms with E-state index in [0.717, 1.165) is 31.2 Å². The van der Waals surface area contributed by atoms with Crippen LogP contribution in [0.3, 0.4) is 0 Å². The zero-order valence-corrected chi connectivity index (χ0v) is 12.6. The highest BCUT2D eigenvalue weighted by Gasteiger charge is 2.31. The first-order valence-corrected chi connectivity index (χ1v) is 7.66. The van der Waals surface area contributed by atoms with Crippen molar-refractivity contribution in [2.75, 3.05) is 6.54 Å². The number of carboxylic acid groups (broad SMARTS) is 1. The highest BCUT2D eigenvalue weighted by atomic mass is 35.5. The summed E-state index contributed by atoms with van der Waals surface area (Å²) in [6, 6.07) is 9.90. The molecule has 0 spiro atoms. The number of benzene rings is 1. The van der Waals surface area contributed by atoms with Crippen molar-refractivity contribution in [1.82, 2.24) is 4.90 Å². The molecule has 0 saturated carbocycles. The molecule has 21 heavy (non-hydrogen) atoms. The van der Waals surface area contributed by atoms with E-state index in [1.807, 2.05) is 30.3 Å². The lowest BCUT2D eigenvalue weighted by atomic mass is 9.85. The molecule has 0 aliphatic carbocycles. The van der Waals surface area contributed by atoms with Crippen molar-refractivity contribution < 1.29 is 14.7 Å². The molecular formula is C16H20ClNO3. The summed E-state index contributed by atoms with van der Waals surface area (Å²) in [5.41, 5.74) is 1.14. The highest BCUT2D eigenvalue weighted by Crippen LogP contribution is 2.29. The Labute approximate surface area is 129 Å². The summed E-state index contributed by atoms with van der Waals surface area (Å²) in [6.07, 6.45) is 2.59. The van der Waals surface area contributed by atoms with E-state index >= 15 is 0 Å². The lowest BCUT2D eigenvalue weighted by Gasteiger charge is -2.38. The highest BCUT2D eigenvalue weighted by molar-refractivity contribution is 6.63. The zero-order valence-electron chi connectivity index (χ0n) is 11.9. The fraction of sp³-hybridized carbons (Fsp3) is 0.500. The number of carbonyl (C=O) groups excluding carboxylic acids is 1. The van der Waals surface area contributed by atoms with Gasteiger partial charge in [0.15, 0.2) is 0 Å². The predicted octanol–water partition coefficient (Wildman–Crippen LogP) is 3.53. The van der Waals surface area contributed by atoms with E-state index in [1.165, 1.54) is 4.90 Å². The summed E-state index contributed by atoms with van der Waals surface area (Å²) in [5, 5.41) is 9.03. The summed E-state index contributed by atoms with van der Waals surface area (Å²) in [7, 11) is 0. The molecule has 0 bridgehead atoms. The number of hydrogen-bond donors (Lipinski definition) is 1. The van der Waals surface area contributed by atoms with Gasteiger partial charge in [-0.15, -0.1) is 0 Å². The fourth-order valence-corrected chi connectivity index (χ4v) is 3.15. The van der Waals surface area contributed by atoms with Crippen LogP contribution in [0.15, 0.2) is 30.3 Å². The van der Waals surface area contributed by atoms with Crippen LogP contribution in [0.4, 0.5) is 4.79 Å². The second kappa shape index (κ2) is 7.46. The molecule has 1 fully saturated rings. The third kappa shape index (κ3) is 4.74. The molecule has 1 aromatic rings. The second-order valence-corrected chi connectivity index (χ2v) is 6.03. The minimum absolute atomic E-state index is 0.0194. The molecule has 1 heterocycles. The van der Waals surface area contributed by atoms with Gasteiger partial charge in [0, 0.05) is 19.0 Å². The topological polar surface area (TPSA) is 57.6 Å². The molecule has 1 aliphatic rings. The molecule has 1 amide bonds. The zero-order chi connectivity index (χ0) is 15.2. The number of hydrogen-bond acceptors (Lipinski definition) is 2. The Bertz CT molecular complexity index is 492. The Hall–Kier alpha value is -1.55. The number of rotatable bonds is 5. The maximum atomic E-state index is 11.4. The Kier molecular flexibility index (Phi) is 5.62. The van der Waals surface area contributed by atoms with Crippen LogP contribution < -0.4 is 0 Å². The molecule has 0 radical (unpaired) electrons. The normalized spacial score (nSPS) is 22.0. The Morgan fingerprint density at radius 3 is 2.62 bits per heavy atom. The van der Waals surface area contributed by atoms with Crippen LogP contribution in [0.5, 0.6) is 0 Å². The van der Waals surface area contributed by atoms with Gasteiger partial charge in [0.1, 0.15) is 0 Å². The van der Waals surface area contributed by atoms with Crippen LogP contribution >= 0.6 is 11.6 Å². The average molecular weight is 310 g/mol. The van der Waals surface area contributed by atoms with E-state index in [4.69, 9.17) is 11.6 Å². The van der Waals surface area contributed by atoms with Gasteiger partial charge in [0.25, 0.3) is 0 Å². The van der Waals surface area contributed by atoms with Crippen LogP contribution in [-0.2, 0) is 11.2 Å². The van der Waals surface area contributed by atoms with Gasteiger partial charge < -0.3 is 10.0 Å². The molecular weight excluding hydrogens is 290 g/mol. The quantitative estimate of drug-likeness (QED) is 0.846. The monoisotopic (exact) mass is 309 g/mol. The van der Waals surface area contributed by atoms with Crippen molar-refractivity contribution in [2.45, 2.75) is 38.1 Å². The minimum Gasteiger partial charge on any atom is -0.465 e. The molecule has 1 saturated heterocycles. The average Bonchev–Trinajstić information content (AvgIpc) is 2.46. The van der Waals surface area contributed by atoms with Crippen molar-refractivity contribution in [3.8, 4) is 0 Å². The number of amides is 1. The van der Waals surface area contributed by atoms with E-state index in [2.05, 4.69) is 0 Å². The van der Waals surface area contributed by atoms with Gasteiger partial charge in [0.05, 0.1) is 0 Å². The van der Waals surface area contributed by atoms with Gasteiger partial charge in [-0.2, -0.15) is 0 Å². The SMILES string of the molecule is O=C(Cl)CCC1CCN(C(=O)O)C(Cc2ccccc2)C1. The van der Waals surface area contributed by atoms with Crippen molar-refractivity contribution in [3.63, 3.8) is 0 Å². The summed E-state index contributed by atoms with van der Waals surface area (Å²) in [6.45, 7) is 0.536. The maximum Gasteiger partial charge on any atom is 0.407 e. The summed E-state index contributed by atoms with van der Waals surface area (Å²) in [4.78, 5) is 23.8. The molecule has 4 nitrogen and oxygen atoms in total. The smallest absolute Gasteiger partial charge is 0.407 e. The second-order valence-electron chi connectivity index (χ2n) is 5.60. The van der Waals surface area contributed by atoms with E-state index in [1.54, 1.807) is 0 Å². The predicted molar refractivity (Wildman–Crippen MR) is 81.5 cm³/mol. The lowest BCUT2D eigenvalue weighted by molar-refractivity contribution is -0.112. The fourth-order valence-electron chi connectivity index (χ4n) is 3.05. The molecule has 114 valence electrons. The number of carbonyl (C=O) groups is 2. The summed E-state index contributed by atoms with van der Waals surface area (Å²) >= 11 is 5.40. The number of piperidine rings is 1. The molecule has 5 heteroatoms. The third-order valence-corrected chi connectivity index (χ3v) is 4.32. The van der Waals surface area contributed by atoms with Gasteiger partial charge in [-0.05, 0) is 48.8 Å². The maximum absolute atomic E-state index is 11.4. The van der Waals surface area contributed by atoms with Gasteiger partial charge in [-0.25, -0.2) is 4.79 Å². The van der Waals surface area contributed by atoms with Crippen molar-refractivity contribution in [3.05, 3.63) is 35.9 Å². The van der Waals surface area contributed by atoms with Crippen LogP contribution in [0.2, 0.25) is 0 Å². The van der Waals surface area contributed by atoms with Gasteiger partial charge in [-0.3, -0.25) is 4.79 Å². The molecule has 1 aromatic carbocycles. The van der Waals surface area contributed by atoms with Gasteiger partial charge in [0.2, 0.25) is 5.24 Å². The van der Waals surface area contributed by atoms with Crippen LogP contribution in [0, 0.1) is 5.92 Å². The molecule has 2 unspecified atom stereocenters. The third-order valence-electron chi connectivity index (χ3n) is 4.13. The summed E-state index contributed by atoms with van der Waals surface area (Å²) < 4.78 is 0. The standard InChI is InChI=1S/C16H20ClNO3/c17-15(19)7-6-13-8-9-18(16(20)21)14(11-13)10-12-4-2-1-3-5-12/h1-5,13-14H,6-11H2,(H,20,21). The number of halogens is 1.